The van der Waals surface area contributed by atoms with Crippen LogP contribution in [-0.4, -0.2) is 23.5 Å². The molecular weight excluding hydrogens is 382 g/mol. The van der Waals surface area contributed by atoms with E-state index in [1.165, 1.54) is 29.5 Å². The van der Waals surface area contributed by atoms with E-state index in [-0.39, 0.29) is 12.1 Å². The molecule has 3 aromatic rings. The third-order valence-corrected chi connectivity index (χ3v) is 5.97. The fourth-order valence-electron chi connectivity index (χ4n) is 4.44. The van der Waals surface area contributed by atoms with Crippen molar-refractivity contribution in [2.24, 2.45) is 0 Å². The van der Waals surface area contributed by atoms with Crippen molar-refractivity contribution in [3.8, 4) is 11.1 Å². The summed E-state index contributed by atoms with van der Waals surface area (Å²) >= 11 is 0. The van der Waals surface area contributed by atoms with Crippen LogP contribution in [0.4, 0.5) is 0 Å². The third-order valence-electron chi connectivity index (χ3n) is 5.97. The van der Waals surface area contributed by atoms with E-state index in [1.807, 2.05) is 38.1 Å². The minimum atomic E-state index is -0.230. The molecule has 1 aliphatic heterocycles. The van der Waals surface area contributed by atoms with Crippen LogP contribution in [0.1, 0.15) is 60.6 Å². The molecule has 1 aliphatic rings. The van der Waals surface area contributed by atoms with E-state index in [1.54, 1.807) is 0 Å². The Hall–Kier alpha value is -2.91. The number of esters is 1. The highest BCUT2D eigenvalue weighted by Gasteiger charge is 2.25. The SMILES string of the molecule is CC(C)OC(=O)c1ccccc1CN1CCCCC1c1ccc(-c2ccccc2)cc1. The molecule has 3 aromatic carbocycles. The fraction of sp³-hybridized carbons (Fsp3) is 0.321. The molecule has 4 rings (SSSR count). The molecule has 0 bridgehead atoms. The second-order valence-electron chi connectivity index (χ2n) is 8.58. The molecular formula is C28H31NO2. The van der Waals surface area contributed by atoms with Gasteiger partial charge in [-0.1, -0.05) is 79.2 Å². The van der Waals surface area contributed by atoms with Gasteiger partial charge in [-0.25, -0.2) is 4.79 Å². The first-order valence-corrected chi connectivity index (χ1v) is 11.3. The van der Waals surface area contributed by atoms with E-state index < -0.39 is 0 Å². The maximum atomic E-state index is 12.6. The normalized spacial score (nSPS) is 16.9. The lowest BCUT2D eigenvalue weighted by Crippen LogP contribution is -2.33. The molecule has 0 spiro atoms. The van der Waals surface area contributed by atoms with E-state index in [0.29, 0.717) is 11.6 Å². The zero-order valence-electron chi connectivity index (χ0n) is 18.5. The van der Waals surface area contributed by atoms with Gasteiger partial charge in [-0.05, 0) is 61.6 Å². The summed E-state index contributed by atoms with van der Waals surface area (Å²) in [6.07, 6.45) is 3.45. The lowest BCUT2D eigenvalue weighted by molar-refractivity contribution is 0.0374. The van der Waals surface area contributed by atoms with Crippen LogP contribution in [0.2, 0.25) is 0 Å². The first-order valence-electron chi connectivity index (χ1n) is 11.3. The monoisotopic (exact) mass is 413 g/mol. The second-order valence-corrected chi connectivity index (χ2v) is 8.58. The molecule has 3 nitrogen and oxygen atoms in total. The van der Waals surface area contributed by atoms with Gasteiger partial charge in [-0.3, -0.25) is 4.90 Å². The Bertz CT molecular complexity index is 995. The van der Waals surface area contributed by atoms with Crippen molar-refractivity contribution >= 4 is 5.97 Å². The van der Waals surface area contributed by atoms with Crippen molar-refractivity contribution < 1.29 is 9.53 Å². The first-order chi connectivity index (χ1) is 15.1. The predicted octanol–water partition coefficient (Wildman–Crippen LogP) is 6.65. The van der Waals surface area contributed by atoms with Gasteiger partial charge in [-0.2, -0.15) is 0 Å². The van der Waals surface area contributed by atoms with Gasteiger partial charge >= 0.3 is 5.97 Å². The van der Waals surface area contributed by atoms with Crippen molar-refractivity contribution in [2.75, 3.05) is 6.54 Å². The number of hydrogen-bond donors (Lipinski definition) is 0. The summed E-state index contributed by atoms with van der Waals surface area (Å²) in [5.74, 6) is -0.230. The number of piperidine rings is 1. The minimum Gasteiger partial charge on any atom is -0.459 e. The molecule has 3 heteroatoms. The van der Waals surface area contributed by atoms with Crippen LogP contribution < -0.4 is 0 Å². The Morgan fingerprint density at radius 1 is 0.903 bits per heavy atom. The number of likely N-dealkylation sites (tertiary alicyclic amines) is 1. The number of benzene rings is 3. The van der Waals surface area contributed by atoms with Crippen molar-refractivity contribution in [3.63, 3.8) is 0 Å². The number of hydrogen-bond acceptors (Lipinski definition) is 3. The van der Waals surface area contributed by atoms with Crippen LogP contribution in [0.25, 0.3) is 11.1 Å². The van der Waals surface area contributed by atoms with Gasteiger partial charge in [-0.15, -0.1) is 0 Å². The molecule has 160 valence electrons. The number of nitrogens with zero attached hydrogens (tertiary/aromatic N) is 1. The van der Waals surface area contributed by atoms with Gasteiger partial charge < -0.3 is 4.74 Å². The van der Waals surface area contributed by atoms with Gasteiger partial charge in [0.25, 0.3) is 0 Å². The van der Waals surface area contributed by atoms with E-state index in [9.17, 15) is 4.79 Å². The second kappa shape index (κ2) is 9.93. The molecule has 0 amide bonds. The summed E-state index contributed by atoms with van der Waals surface area (Å²) in [5, 5.41) is 0. The van der Waals surface area contributed by atoms with Crippen LogP contribution >= 0.6 is 0 Å². The average Bonchev–Trinajstić information content (AvgIpc) is 2.80. The summed E-state index contributed by atoms with van der Waals surface area (Å²) in [7, 11) is 0. The molecule has 1 saturated heterocycles. The minimum absolute atomic E-state index is 0.119. The van der Waals surface area contributed by atoms with Gasteiger partial charge in [0.05, 0.1) is 11.7 Å². The average molecular weight is 414 g/mol. The van der Waals surface area contributed by atoms with Crippen molar-refractivity contribution in [2.45, 2.75) is 51.8 Å². The zero-order valence-corrected chi connectivity index (χ0v) is 18.5. The lowest BCUT2D eigenvalue weighted by atomic mass is 9.92. The maximum absolute atomic E-state index is 12.6. The summed E-state index contributed by atoms with van der Waals surface area (Å²) in [4.78, 5) is 15.1. The zero-order chi connectivity index (χ0) is 21.6. The van der Waals surface area contributed by atoms with Gasteiger partial charge in [0.15, 0.2) is 0 Å². The number of rotatable bonds is 6. The molecule has 1 fully saturated rings. The Morgan fingerprint density at radius 2 is 1.58 bits per heavy atom. The smallest absolute Gasteiger partial charge is 0.338 e. The Balaban J connectivity index is 1.54. The first kappa shape index (κ1) is 21.3. The van der Waals surface area contributed by atoms with Crippen LogP contribution in [0.3, 0.4) is 0 Å². The maximum Gasteiger partial charge on any atom is 0.338 e. The summed E-state index contributed by atoms with van der Waals surface area (Å²) in [6.45, 7) is 5.58. The molecule has 0 radical (unpaired) electrons. The van der Waals surface area contributed by atoms with E-state index >= 15 is 0 Å². The van der Waals surface area contributed by atoms with Gasteiger partial charge in [0, 0.05) is 12.6 Å². The molecule has 31 heavy (non-hydrogen) atoms. The Morgan fingerprint density at radius 3 is 2.32 bits per heavy atom. The highest BCUT2D eigenvalue weighted by atomic mass is 16.5. The molecule has 1 unspecified atom stereocenters. The Labute approximate surface area is 185 Å². The highest BCUT2D eigenvalue weighted by molar-refractivity contribution is 5.91. The largest absolute Gasteiger partial charge is 0.459 e. The fourth-order valence-corrected chi connectivity index (χ4v) is 4.44. The van der Waals surface area contributed by atoms with E-state index in [0.717, 1.165) is 25.1 Å². The number of carbonyl (C=O) groups excluding carboxylic acids is 1. The van der Waals surface area contributed by atoms with Gasteiger partial charge in [0.1, 0.15) is 0 Å². The van der Waals surface area contributed by atoms with Gasteiger partial charge in [0.2, 0.25) is 0 Å². The summed E-state index contributed by atoms with van der Waals surface area (Å²) < 4.78 is 5.48. The molecule has 1 atom stereocenters. The van der Waals surface area contributed by atoms with Crippen molar-refractivity contribution in [1.82, 2.24) is 4.90 Å². The number of carbonyl (C=O) groups is 1. The standard InChI is InChI=1S/C28H31NO2/c1-21(2)31-28(30)26-13-7-6-12-25(26)20-29-19-9-8-14-27(29)24-17-15-23(16-18-24)22-10-4-3-5-11-22/h3-7,10-13,15-18,21,27H,8-9,14,19-20H2,1-2H3. The Kier molecular flexibility index (Phi) is 6.83. The van der Waals surface area contributed by atoms with E-state index in [2.05, 4.69) is 59.5 Å². The van der Waals surface area contributed by atoms with Crippen molar-refractivity contribution in [1.29, 1.82) is 0 Å². The van der Waals surface area contributed by atoms with Crippen LogP contribution in [0.15, 0.2) is 78.9 Å². The van der Waals surface area contributed by atoms with Crippen molar-refractivity contribution in [3.05, 3.63) is 95.6 Å². The predicted molar refractivity (Wildman–Crippen MR) is 126 cm³/mol. The van der Waals surface area contributed by atoms with Crippen LogP contribution in [0, 0.1) is 0 Å². The molecule has 0 N–H and O–H groups in total. The molecule has 0 aliphatic carbocycles. The summed E-state index contributed by atoms with van der Waals surface area (Å²) in [5.41, 5.74) is 5.56. The lowest BCUT2D eigenvalue weighted by Gasteiger charge is -2.36. The topological polar surface area (TPSA) is 29.5 Å². The number of ether oxygens (including phenoxy) is 1. The van der Waals surface area contributed by atoms with E-state index in [4.69, 9.17) is 4.74 Å². The highest BCUT2D eigenvalue weighted by Crippen LogP contribution is 2.33. The molecule has 0 saturated carbocycles. The summed E-state index contributed by atoms with van der Waals surface area (Å²) in [6, 6.07) is 27.7. The molecule has 1 heterocycles. The van der Waals surface area contributed by atoms with Crippen LogP contribution in [0.5, 0.6) is 0 Å². The third kappa shape index (κ3) is 5.23. The van der Waals surface area contributed by atoms with Crippen LogP contribution in [-0.2, 0) is 11.3 Å². The quantitative estimate of drug-likeness (QED) is 0.424. The molecule has 0 aromatic heterocycles.